The van der Waals surface area contributed by atoms with E-state index in [0.717, 1.165) is 6.42 Å². The molecule has 1 aliphatic carbocycles. The second-order valence-corrected chi connectivity index (χ2v) is 8.95. The number of halogens is 3. The predicted molar refractivity (Wildman–Crippen MR) is 39.1 cm³/mol. The summed E-state index contributed by atoms with van der Waals surface area (Å²) in [6, 6.07) is 0. The molecular weight excluding hydrogens is 214 g/mol. The summed E-state index contributed by atoms with van der Waals surface area (Å²) in [6.07, 6.45) is 10.0. The van der Waals surface area contributed by atoms with Crippen LogP contribution in [0.3, 0.4) is 0 Å². The Morgan fingerprint density at radius 2 is 1.89 bits per heavy atom. The van der Waals surface area contributed by atoms with Gasteiger partial charge in [-0.25, -0.2) is 12.2 Å². The molecule has 0 saturated heterocycles. The fraction of sp³-hybridized carbons (Fsp3) is 0.200. The van der Waals surface area contributed by atoms with Crippen LogP contribution in [0.15, 0.2) is 18.2 Å². The van der Waals surface area contributed by atoms with E-state index in [-0.39, 0.29) is 0 Å². The molecule has 0 amide bonds. The van der Waals surface area contributed by atoms with Gasteiger partial charge < -0.3 is 0 Å². The van der Waals surface area contributed by atoms with E-state index in [2.05, 4.69) is 12.2 Å². The summed E-state index contributed by atoms with van der Waals surface area (Å²) in [4.78, 5) is 0. The molecule has 9 heavy (non-hydrogen) atoms. The van der Waals surface area contributed by atoms with E-state index in [4.69, 9.17) is 27.9 Å². The van der Waals surface area contributed by atoms with Crippen LogP contribution in [0.25, 0.3) is 0 Å². The van der Waals surface area contributed by atoms with E-state index in [0.29, 0.717) is 0 Å². The van der Waals surface area contributed by atoms with E-state index in [1.165, 1.54) is 0 Å². The first-order chi connectivity index (χ1) is 4.23. The van der Waals surface area contributed by atoms with Gasteiger partial charge in [0.15, 0.2) is 0 Å². The molecule has 0 fully saturated rings. The molecule has 0 saturated carbocycles. The molecule has 0 aromatic heterocycles. The molecule has 0 bridgehead atoms. The molecule has 0 atom stereocenters. The van der Waals surface area contributed by atoms with Crippen molar-refractivity contribution in [3.05, 3.63) is 24.3 Å². The second-order valence-electron chi connectivity index (χ2n) is 1.22. The van der Waals surface area contributed by atoms with Gasteiger partial charge in [0.25, 0.3) is 0 Å². The third-order valence-electron chi connectivity index (χ3n) is 0.586. The van der Waals surface area contributed by atoms with Gasteiger partial charge in [0.1, 0.15) is 0 Å². The fourth-order valence-electron chi connectivity index (χ4n) is 0.340. The normalized spacial score (nSPS) is 12.8. The van der Waals surface area contributed by atoms with Gasteiger partial charge >= 0.3 is 42.6 Å². The van der Waals surface area contributed by atoms with Crippen molar-refractivity contribution in [2.45, 2.75) is 6.42 Å². The van der Waals surface area contributed by atoms with Crippen molar-refractivity contribution in [2.24, 2.45) is 0 Å². The average Bonchev–Trinajstić information content (AvgIpc) is 2.11. The third-order valence-corrected chi connectivity index (χ3v) is 0.586. The zero-order chi connectivity index (χ0) is 7.11. The van der Waals surface area contributed by atoms with E-state index >= 15 is 0 Å². The third kappa shape index (κ3) is 12.3. The molecule has 1 rings (SSSR count). The maximum absolute atomic E-state index is 4.97. The number of rotatable bonds is 0. The minimum atomic E-state index is -1.92. The Hall–Kier alpha value is 1.06. The SMILES string of the molecule is [C-]1=CC=CC1.[Cl][Ti+]([Cl])[Cl]. The molecular formula is C5H5Cl3Ti. The Labute approximate surface area is 72.9 Å². The van der Waals surface area contributed by atoms with Crippen LogP contribution < -0.4 is 0 Å². The molecule has 4 heteroatoms. The Morgan fingerprint density at radius 1 is 1.33 bits per heavy atom. The van der Waals surface area contributed by atoms with Gasteiger partial charge in [0.05, 0.1) is 0 Å². The molecule has 0 heterocycles. The molecule has 0 radical (unpaired) electrons. The maximum atomic E-state index is 4.97. The summed E-state index contributed by atoms with van der Waals surface area (Å²) in [7, 11) is 14.9. The number of allylic oxidation sites excluding steroid dienone is 4. The van der Waals surface area contributed by atoms with Gasteiger partial charge in [-0.2, -0.15) is 6.08 Å². The van der Waals surface area contributed by atoms with Crippen LogP contribution in [0.1, 0.15) is 6.42 Å². The molecule has 0 aromatic rings. The molecule has 0 N–H and O–H groups in total. The molecule has 0 unspecified atom stereocenters. The zero-order valence-electron chi connectivity index (χ0n) is 4.57. The Balaban J connectivity index is 0.000000148. The summed E-state index contributed by atoms with van der Waals surface area (Å²) in [5.74, 6) is 0. The topological polar surface area (TPSA) is 0 Å². The van der Waals surface area contributed by atoms with Crippen molar-refractivity contribution in [1.29, 1.82) is 0 Å². The number of hydrogen-bond acceptors (Lipinski definition) is 0. The van der Waals surface area contributed by atoms with Crippen molar-refractivity contribution in [2.75, 3.05) is 0 Å². The van der Waals surface area contributed by atoms with Gasteiger partial charge in [0.2, 0.25) is 0 Å². The predicted octanol–water partition coefficient (Wildman–Crippen LogP) is 3.37. The van der Waals surface area contributed by atoms with Crippen molar-refractivity contribution in [1.82, 2.24) is 0 Å². The van der Waals surface area contributed by atoms with Gasteiger partial charge in [-0.15, -0.1) is 6.42 Å². The van der Waals surface area contributed by atoms with E-state index in [1.807, 2.05) is 12.2 Å². The molecule has 1 aliphatic rings. The second kappa shape index (κ2) is 7.17. The quantitative estimate of drug-likeness (QED) is 0.433. The standard InChI is InChI=1S/C5H5.3ClH.Ti/c1-2-4-5-3-1;;;;/h1-3H,4H2;3*1H;/q-1;;;;+4/p-3. The van der Waals surface area contributed by atoms with Crippen LogP contribution in [0, 0.1) is 6.08 Å². The first-order valence-corrected chi connectivity index (χ1v) is 8.73. The van der Waals surface area contributed by atoms with Gasteiger partial charge in [-0.3, -0.25) is 6.08 Å². The first-order valence-electron chi connectivity index (χ1n) is 2.28. The summed E-state index contributed by atoms with van der Waals surface area (Å²) in [5.41, 5.74) is 0. The van der Waals surface area contributed by atoms with Crippen molar-refractivity contribution in [3.63, 3.8) is 0 Å². The first kappa shape index (κ1) is 10.1. The van der Waals surface area contributed by atoms with E-state index in [1.54, 1.807) is 0 Å². The van der Waals surface area contributed by atoms with Gasteiger partial charge in [-0.05, 0) is 0 Å². The summed E-state index contributed by atoms with van der Waals surface area (Å²) in [6.45, 7) is 0. The summed E-state index contributed by atoms with van der Waals surface area (Å²) < 4.78 is 0. The molecule has 50 valence electrons. The van der Waals surface area contributed by atoms with Crippen LogP contribution in [0.5, 0.6) is 0 Å². The summed E-state index contributed by atoms with van der Waals surface area (Å²) >= 11 is -1.92. The Bertz CT molecular complexity index is 96.0. The number of hydrogen-bond donors (Lipinski definition) is 0. The average molecular weight is 219 g/mol. The molecule has 0 aromatic carbocycles. The molecule has 0 nitrogen and oxygen atoms in total. The van der Waals surface area contributed by atoms with E-state index < -0.39 is 14.7 Å². The van der Waals surface area contributed by atoms with Crippen LogP contribution >= 0.6 is 27.9 Å². The van der Waals surface area contributed by atoms with Crippen molar-refractivity contribution >= 4 is 27.9 Å². The van der Waals surface area contributed by atoms with Crippen LogP contribution in [-0.4, -0.2) is 0 Å². The Kier molecular flexibility index (Phi) is 8.02. The summed E-state index contributed by atoms with van der Waals surface area (Å²) in [5, 5.41) is 0. The zero-order valence-corrected chi connectivity index (χ0v) is 8.40. The van der Waals surface area contributed by atoms with Crippen LogP contribution in [0.4, 0.5) is 0 Å². The minimum absolute atomic E-state index is 1.01. The van der Waals surface area contributed by atoms with E-state index in [9.17, 15) is 0 Å². The van der Waals surface area contributed by atoms with Crippen LogP contribution in [-0.2, 0) is 14.7 Å². The Morgan fingerprint density at radius 3 is 2.00 bits per heavy atom. The monoisotopic (exact) mass is 218 g/mol. The fourth-order valence-corrected chi connectivity index (χ4v) is 0.340. The van der Waals surface area contributed by atoms with Crippen molar-refractivity contribution in [3.8, 4) is 0 Å². The van der Waals surface area contributed by atoms with Crippen molar-refractivity contribution < 1.29 is 14.7 Å². The molecule has 0 aliphatic heterocycles. The van der Waals surface area contributed by atoms with Crippen LogP contribution in [0.2, 0.25) is 0 Å². The molecule has 0 spiro atoms. The van der Waals surface area contributed by atoms with Gasteiger partial charge in [0, 0.05) is 0 Å². The van der Waals surface area contributed by atoms with Gasteiger partial charge in [-0.1, -0.05) is 0 Å².